The lowest BCUT2D eigenvalue weighted by molar-refractivity contribution is 0.103. The molecule has 2 amide bonds. The van der Waals surface area contributed by atoms with Gasteiger partial charge < -0.3 is 15.7 Å². The van der Waals surface area contributed by atoms with E-state index >= 15 is 0 Å². The van der Waals surface area contributed by atoms with Gasteiger partial charge >= 0.3 is 6.03 Å². The van der Waals surface area contributed by atoms with Crippen LogP contribution < -0.4 is 10.6 Å². The van der Waals surface area contributed by atoms with Crippen LogP contribution in [-0.4, -0.2) is 30.3 Å². The minimum absolute atomic E-state index is 0.211. The fourth-order valence-corrected chi connectivity index (χ4v) is 2.96. The number of amides is 2. The van der Waals surface area contributed by atoms with E-state index in [1.165, 1.54) is 5.56 Å². The van der Waals surface area contributed by atoms with Gasteiger partial charge in [-0.05, 0) is 34.2 Å². The zero-order valence-electron chi connectivity index (χ0n) is 12.6. The van der Waals surface area contributed by atoms with E-state index in [0.717, 1.165) is 12.8 Å². The van der Waals surface area contributed by atoms with Crippen molar-refractivity contribution in [1.82, 2.24) is 10.6 Å². The monoisotopic (exact) mass is 298 g/mol. The van der Waals surface area contributed by atoms with Gasteiger partial charge in [-0.15, -0.1) is 0 Å². The molecule has 1 aromatic heterocycles. The number of hydrogen-bond donors (Lipinski definition) is 3. The van der Waals surface area contributed by atoms with Crippen LogP contribution in [0.2, 0.25) is 0 Å². The van der Waals surface area contributed by atoms with Crippen molar-refractivity contribution < 1.29 is 9.90 Å². The fourth-order valence-electron chi connectivity index (χ4n) is 2.18. The Morgan fingerprint density at radius 1 is 1.30 bits per heavy atom. The highest BCUT2D eigenvalue weighted by Gasteiger charge is 2.16. The van der Waals surface area contributed by atoms with Crippen LogP contribution in [0.3, 0.4) is 0 Å². The maximum Gasteiger partial charge on any atom is 0.314 e. The van der Waals surface area contributed by atoms with Crippen LogP contribution in [0.1, 0.15) is 45.1 Å². The number of aliphatic hydroxyl groups excluding tert-OH is 1. The van der Waals surface area contributed by atoms with Gasteiger partial charge in [-0.3, -0.25) is 0 Å². The van der Waals surface area contributed by atoms with E-state index in [9.17, 15) is 9.90 Å². The average molecular weight is 298 g/mol. The molecule has 0 radical (unpaired) electrons. The second-order valence-electron chi connectivity index (χ2n) is 5.19. The van der Waals surface area contributed by atoms with Crippen molar-refractivity contribution in [1.29, 1.82) is 0 Å². The Morgan fingerprint density at radius 2 is 1.95 bits per heavy atom. The number of hydrogen-bond acceptors (Lipinski definition) is 3. The number of carbonyl (C=O) groups excluding carboxylic acids is 1. The largest absolute Gasteiger partial charge is 0.391 e. The normalized spacial score (nSPS) is 14.1. The van der Waals surface area contributed by atoms with E-state index in [1.807, 2.05) is 5.38 Å². The molecule has 0 bridgehead atoms. The fraction of sp³-hybridized carbons (Fsp3) is 0.667. The Morgan fingerprint density at radius 3 is 2.50 bits per heavy atom. The summed E-state index contributed by atoms with van der Waals surface area (Å²) in [6, 6.07) is 1.86. The second-order valence-corrected chi connectivity index (χ2v) is 5.97. The molecule has 0 saturated heterocycles. The molecule has 20 heavy (non-hydrogen) atoms. The molecule has 3 N–H and O–H groups in total. The number of aliphatic hydroxyl groups is 1. The van der Waals surface area contributed by atoms with E-state index in [4.69, 9.17) is 0 Å². The summed E-state index contributed by atoms with van der Waals surface area (Å²) in [6.45, 7) is 7.11. The van der Waals surface area contributed by atoms with Gasteiger partial charge in [0.2, 0.25) is 0 Å². The number of nitrogens with one attached hydrogen (secondary N) is 2. The Kier molecular flexibility index (Phi) is 7.62. The molecule has 1 aromatic rings. The van der Waals surface area contributed by atoms with Gasteiger partial charge in [0.1, 0.15) is 0 Å². The third kappa shape index (κ3) is 5.51. The first-order chi connectivity index (χ1) is 9.58. The predicted octanol–water partition coefficient (Wildman–Crippen LogP) is 2.95. The summed E-state index contributed by atoms with van der Waals surface area (Å²) in [5.41, 5.74) is 1.24. The molecule has 0 aromatic carbocycles. The van der Waals surface area contributed by atoms with Crippen LogP contribution in [0.4, 0.5) is 4.79 Å². The van der Waals surface area contributed by atoms with Gasteiger partial charge in [-0.25, -0.2) is 4.79 Å². The molecule has 0 spiro atoms. The molecule has 1 rings (SSSR count). The third-order valence-electron chi connectivity index (χ3n) is 3.75. The lowest BCUT2D eigenvalue weighted by atomic mass is 9.97. The summed E-state index contributed by atoms with van der Waals surface area (Å²) in [6.07, 6.45) is 1.39. The smallest absolute Gasteiger partial charge is 0.314 e. The van der Waals surface area contributed by atoms with Crippen molar-refractivity contribution in [2.24, 2.45) is 5.92 Å². The highest BCUT2D eigenvalue weighted by atomic mass is 32.1. The first-order valence-corrected chi connectivity index (χ1v) is 8.24. The molecule has 1 heterocycles. The number of thiophene rings is 1. The topological polar surface area (TPSA) is 61.4 Å². The highest BCUT2D eigenvalue weighted by molar-refractivity contribution is 7.07. The maximum atomic E-state index is 11.7. The quantitative estimate of drug-likeness (QED) is 0.691. The van der Waals surface area contributed by atoms with E-state index in [1.54, 1.807) is 11.3 Å². The Bertz CT molecular complexity index is 377. The molecule has 0 aliphatic heterocycles. The van der Waals surface area contributed by atoms with Crippen molar-refractivity contribution in [3.63, 3.8) is 0 Å². The molecule has 4 nitrogen and oxygen atoms in total. The van der Waals surface area contributed by atoms with Crippen molar-refractivity contribution in [2.75, 3.05) is 13.1 Å². The van der Waals surface area contributed by atoms with Gasteiger partial charge in [0.25, 0.3) is 0 Å². The number of rotatable bonds is 8. The molecular weight excluding hydrogens is 272 g/mol. The summed E-state index contributed by atoms with van der Waals surface area (Å²) in [7, 11) is 0. The summed E-state index contributed by atoms with van der Waals surface area (Å²) in [5.74, 6) is 0.552. The predicted molar refractivity (Wildman–Crippen MR) is 84.2 cm³/mol. The van der Waals surface area contributed by atoms with Crippen LogP contribution in [0.25, 0.3) is 0 Å². The van der Waals surface area contributed by atoms with Gasteiger partial charge in [0.05, 0.1) is 6.10 Å². The van der Waals surface area contributed by atoms with Crippen LogP contribution >= 0.6 is 11.3 Å². The van der Waals surface area contributed by atoms with Crippen LogP contribution in [0.15, 0.2) is 16.8 Å². The summed E-state index contributed by atoms with van der Waals surface area (Å²) in [5, 5.41) is 19.7. The molecule has 0 aliphatic carbocycles. The zero-order chi connectivity index (χ0) is 15.0. The molecule has 5 heteroatoms. The van der Waals surface area contributed by atoms with Crippen LogP contribution in [-0.2, 0) is 0 Å². The summed E-state index contributed by atoms with van der Waals surface area (Å²) in [4.78, 5) is 11.7. The first-order valence-electron chi connectivity index (χ1n) is 7.30. The van der Waals surface area contributed by atoms with Crippen molar-refractivity contribution >= 4 is 17.4 Å². The number of urea groups is 1. The van der Waals surface area contributed by atoms with E-state index in [-0.39, 0.29) is 11.9 Å². The molecule has 0 saturated carbocycles. The lowest BCUT2D eigenvalue weighted by Crippen LogP contribution is -2.42. The summed E-state index contributed by atoms with van der Waals surface area (Å²) < 4.78 is 0. The standard InChI is InChI=1S/C15H26N2O2S/c1-4-12(5-2)14(18)9-17-15(19)16-8-11(3)13-6-7-20-10-13/h6-7,10-12,14,18H,4-5,8-9H2,1-3H3,(H2,16,17,19). The van der Waals surface area contributed by atoms with Gasteiger partial charge in [-0.1, -0.05) is 33.6 Å². The zero-order valence-corrected chi connectivity index (χ0v) is 13.4. The molecule has 0 aliphatic rings. The third-order valence-corrected chi connectivity index (χ3v) is 4.45. The first kappa shape index (κ1) is 17.0. The van der Waals surface area contributed by atoms with Crippen LogP contribution in [0, 0.1) is 5.92 Å². The lowest BCUT2D eigenvalue weighted by Gasteiger charge is -2.20. The minimum Gasteiger partial charge on any atom is -0.391 e. The van der Waals surface area contributed by atoms with Crippen molar-refractivity contribution in [2.45, 2.75) is 45.6 Å². The average Bonchev–Trinajstić information content (AvgIpc) is 2.98. The van der Waals surface area contributed by atoms with Gasteiger partial charge in [0.15, 0.2) is 0 Å². The Labute approximate surface area is 125 Å². The molecule has 2 atom stereocenters. The van der Waals surface area contributed by atoms with Gasteiger partial charge in [-0.2, -0.15) is 11.3 Å². The number of carbonyl (C=O) groups is 1. The van der Waals surface area contributed by atoms with E-state index in [0.29, 0.717) is 19.0 Å². The maximum absolute atomic E-state index is 11.7. The Balaban J connectivity index is 2.23. The van der Waals surface area contributed by atoms with E-state index < -0.39 is 6.10 Å². The molecule has 114 valence electrons. The SMILES string of the molecule is CCC(CC)C(O)CNC(=O)NCC(C)c1ccsc1. The minimum atomic E-state index is -0.468. The second kappa shape index (κ2) is 8.97. The van der Waals surface area contributed by atoms with Crippen molar-refractivity contribution in [3.8, 4) is 0 Å². The molecule has 0 fully saturated rings. The van der Waals surface area contributed by atoms with E-state index in [2.05, 4.69) is 42.9 Å². The van der Waals surface area contributed by atoms with Gasteiger partial charge in [0, 0.05) is 13.1 Å². The Hall–Kier alpha value is -1.07. The van der Waals surface area contributed by atoms with Crippen LogP contribution in [0.5, 0.6) is 0 Å². The molecular formula is C15H26N2O2S. The van der Waals surface area contributed by atoms with Crippen molar-refractivity contribution in [3.05, 3.63) is 22.4 Å². The summed E-state index contributed by atoms with van der Waals surface area (Å²) >= 11 is 1.66. The molecule has 2 unspecified atom stereocenters. The highest BCUT2D eigenvalue weighted by Crippen LogP contribution is 2.17.